The number of hydrogen-bond acceptors (Lipinski definition) is 5. The van der Waals surface area contributed by atoms with Crippen molar-refractivity contribution >= 4 is 33.3 Å². The smallest absolute Gasteiger partial charge is 0.410 e. The van der Waals surface area contributed by atoms with Crippen molar-refractivity contribution < 1.29 is 9.53 Å². The van der Waals surface area contributed by atoms with Crippen molar-refractivity contribution in [1.29, 1.82) is 0 Å². The molecule has 1 amide bonds. The van der Waals surface area contributed by atoms with Gasteiger partial charge in [-0.1, -0.05) is 0 Å². The number of amides is 1. The van der Waals surface area contributed by atoms with Crippen LogP contribution >= 0.6 is 11.3 Å². The predicted octanol–water partition coefficient (Wildman–Crippen LogP) is 3.33. The van der Waals surface area contributed by atoms with Gasteiger partial charge in [-0.05, 0) is 39.0 Å². The van der Waals surface area contributed by atoms with E-state index in [0.29, 0.717) is 13.1 Å². The lowest BCUT2D eigenvalue weighted by Gasteiger charge is -2.40. The molecule has 112 valence electrons. The number of nitrogens with zero attached hydrogens (tertiary/aromatic N) is 2. The summed E-state index contributed by atoms with van der Waals surface area (Å²) in [5.74, 6) is 0. The van der Waals surface area contributed by atoms with Gasteiger partial charge in [-0.2, -0.15) is 0 Å². The van der Waals surface area contributed by atoms with Crippen molar-refractivity contribution in [3.63, 3.8) is 0 Å². The van der Waals surface area contributed by atoms with Crippen LogP contribution in [0.15, 0.2) is 23.7 Å². The van der Waals surface area contributed by atoms with Crippen LogP contribution in [0.5, 0.6) is 0 Å². The first-order chi connectivity index (χ1) is 9.90. The van der Waals surface area contributed by atoms with Gasteiger partial charge in [-0.25, -0.2) is 9.78 Å². The molecule has 1 fully saturated rings. The Morgan fingerprint density at radius 3 is 2.90 bits per heavy atom. The number of ether oxygens (including phenoxy) is 1. The topological polar surface area (TPSA) is 54.5 Å². The molecule has 2 heterocycles. The van der Waals surface area contributed by atoms with Gasteiger partial charge in [0.2, 0.25) is 0 Å². The third kappa shape index (κ3) is 3.26. The molecule has 1 aliphatic heterocycles. The summed E-state index contributed by atoms with van der Waals surface area (Å²) in [4.78, 5) is 17.8. The van der Waals surface area contributed by atoms with Gasteiger partial charge in [0.1, 0.15) is 5.60 Å². The lowest BCUT2D eigenvalue weighted by molar-refractivity contribution is 0.0105. The maximum Gasteiger partial charge on any atom is 0.410 e. The fourth-order valence-corrected chi connectivity index (χ4v) is 2.94. The molecule has 21 heavy (non-hydrogen) atoms. The van der Waals surface area contributed by atoms with Crippen molar-refractivity contribution in [2.24, 2.45) is 0 Å². The minimum atomic E-state index is -0.438. The molecule has 3 rings (SSSR count). The van der Waals surface area contributed by atoms with E-state index in [1.54, 1.807) is 16.2 Å². The SMILES string of the molecule is CC(C)(C)OC(=O)N1CC(Nc2ccc3ncsc3c2)C1. The van der Waals surface area contributed by atoms with Crippen LogP contribution < -0.4 is 5.32 Å². The molecular weight excluding hydrogens is 286 g/mol. The Morgan fingerprint density at radius 1 is 1.43 bits per heavy atom. The number of rotatable bonds is 2. The van der Waals surface area contributed by atoms with E-state index >= 15 is 0 Å². The first kappa shape index (κ1) is 14.1. The fraction of sp³-hybridized carbons (Fsp3) is 0.467. The fourth-order valence-electron chi connectivity index (χ4n) is 2.23. The van der Waals surface area contributed by atoms with Gasteiger partial charge >= 0.3 is 6.09 Å². The van der Waals surface area contributed by atoms with Crippen molar-refractivity contribution in [3.8, 4) is 0 Å². The van der Waals surface area contributed by atoms with Gasteiger partial charge < -0.3 is 15.0 Å². The molecule has 1 N–H and O–H groups in total. The van der Waals surface area contributed by atoms with Crippen LogP contribution in [0.4, 0.5) is 10.5 Å². The number of thiazole rings is 1. The van der Waals surface area contributed by atoms with Gasteiger partial charge in [-0.15, -0.1) is 11.3 Å². The highest BCUT2D eigenvalue weighted by molar-refractivity contribution is 7.16. The Bertz CT molecular complexity index is 656. The molecule has 0 aliphatic carbocycles. The van der Waals surface area contributed by atoms with Crippen LogP contribution in [-0.2, 0) is 4.74 Å². The van der Waals surface area contributed by atoms with E-state index in [2.05, 4.69) is 16.4 Å². The average Bonchev–Trinajstić information content (AvgIpc) is 2.77. The number of likely N-dealkylation sites (tertiary alicyclic amines) is 1. The number of aromatic nitrogens is 1. The largest absolute Gasteiger partial charge is 0.444 e. The van der Waals surface area contributed by atoms with Gasteiger partial charge in [0.05, 0.1) is 21.8 Å². The summed E-state index contributed by atoms with van der Waals surface area (Å²) < 4.78 is 6.51. The number of carbonyl (C=O) groups excluding carboxylic acids is 1. The molecule has 1 aliphatic rings. The number of nitrogens with one attached hydrogen (secondary N) is 1. The van der Waals surface area contributed by atoms with Crippen LogP contribution in [0.3, 0.4) is 0 Å². The molecule has 0 radical (unpaired) electrons. The molecule has 2 aromatic rings. The van der Waals surface area contributed by atoms with Crippen molar-refractivity contribution in [3.05, 3.63) is 23.7 Å². The summed E-state index contributed by atoms with van der Waals surface area (Å²) in [6.07, 6.45) is -0.238. The van der Waals surface area contributed by atoms with Gasteiger partial charge in [0.25, 0.3) is 0 Å². The molecule has 0 spiro atoms. The predicted molar refractivity (Wildman–Crippen MR) is 84.8 cm³/mol. The highest BCUT2D eigenvalue weighted by Gasteiger charge is 2.33. The van der Waals surface area contributed by atoms with E-state index in [-0.39, 0.29) is 12.1 Å². The minimum absolute atomic E-state index is 0.238. The van der Waals surface area contributed by atoms with E-state index in [4.69, 9.17) is 4.74 Å². The molecule has 0 saturated carbocycles. The third-order valence-electron chi connectivity index (χ3n) is 3.24. The molecule has 1 aromatic carbocycles. The zero-order chi connectivity index (χ0) is 15.0. The lowest BCUT2D eigenvalue weighted by atomic mass is 10.1. The molecule has 0 bridgehead atoms. The maximum atomic E-state index is 11.8. The third-order valence-corrected chi connectivity index (χ3v) is 4.03. The highest BCUT2D eigenvalue weighted by Crippen LogP contribution is 2.24. The minimum Gasteiger partial charge on any atom is -0.444 e. The Hall–Kier alpha value is -1.82. The van der Waals surface area contributed by atoms with E-state index < -0.39 is 5.60 Å². The number of anilines is 1. The summed E-state index contributed by atoms with van der Waals surface area (Å²) in [5.41, 5.74) is 3.50. The monoisotopic (exact) mass is 305 g/mol. The second-order valence-corrected chi connectivity index (χ2v) is 7.15. The first-order valence-corrected chi connectivity index (χ1v) is 7.86. The van der Waals surface area contributed by atoms with Crippen LogP contribution in [0, 0.1) is 0 Å². The summed E-state index contributed by atoms with van der Waals surface area (Å²) in [6.45, 7) is 6.99. The van der Waals surface area contributed by atoms with Crippen LogP contribution in [0.25, 0.3) is 10.2 Å². The van der Waals surface area contributed by atoms with E-state index in [1.165, 1.54) is 4.70 Å². The van der Waals surface area contributed by atoms with Crippen molar-refractivity contribution in [2.75, 3.05) is 18.4 Å². The Balaban J connectivity index is 1.53. The molecular formula is C15H19N3O2S. The standard InChI is InChI=1S/C15H19N3O2S/c1-15(2,3)20-14(19)18-7-11(8-18)17-10-4-5-12-13(6-10)21-9-16-12/h4-6,9,11,17H,7-8H2,1-3H3. The number of benzene rings is 1. The van der Waals surface area contributed by atoms with Crippen LogP contribution in [0.2, 0.25) is 0 Å². The second kappa shape index (κ2) is 5.18. The number of carbonyl (C=O) groups is 1. The Kier molecular flexibility index (Phi) is 3.49. The van der Waals surface area contributed by atoms with Crippen molar-refractivity contribution in [1.82, 2.24) is 9.88 Å². The Labute approximate surface area is 127 Å². The summed E-state index contributed by atoms with van der Waals surface area (Å²) in [7, 11) is 0. The average molecular weight is 305 g/mol. The summed E-state index contributed by atoms with van der Waals surface area (Å²) in [5, 5.41) is 3.44. The molecule has 1 saturated heterocycles. The summed E-state index contributed by atoms with van der Waals surface area (Å²) in [6, 6.07) is 6.42. The first-order valence-electron chi connectivity index (χ1n) is 6.98. The molecule has 0 unspecified atom stereocenters. The van der Waals surface area contributed by atoms with E-state index in [9.17, 15) is 4.79 Å². The Morgan fingerprint density at radius 2 is 2.19 bits per heavy atom. The van der Waals surface area contributed by atoms with Crippen LogP contribution in [-0.4, -0.2) is 40.7 Å². The lowest BCUT2D eigenvalue weighted by Crippen LogP contribution is -2.57. The zero-order valence-electron chi connectivity index (χ0n) is 12.4. The molecule has 0 atom stereocenters. The molecule has 6 heteroatoms. The highest BCUT2D eigenvalue weighted by atomic mass is 32.1. The van der Waals surface area contributed by atoms with Crippen molar-refractivity contribution in [2.45, 2.75) is 32.4 Å². The number of hydrogen-bond donors (Lipinski definition) is 1. The van der Waals surface area contributed by atoms with E-state index in [0.717, 1.165) is 11.2 Å². The normalized spacial score (nSPS) is 15.9. The van der Waals surface area contributed by atoms with Gasteiger partial charge in [-0.3, -0.25) is 0 Å². The zero-order valence-corrected chi connectivity index (χ0v) is 13.2. The maximum absolute atomic E-state index is 11.8. The molecule has 5 nitrogen and oxygen atoms in total. The number of fused-ring (bicyclic) bond motifs is 1. The summed E-state index contributed by atoms with van der Waals surface area (Å²) >= 11 is 1.63. The second-order valence-electron chi connectivity index (χ2n) is 6.26. The van der Waals surface area contributed by atoms with Gasteiger partial charge in [0, 0.05) is 18.8 Å². The van der Waals surface area contributed by atoms with Crippen LogP contribution in [0.1, 0.15) is 20.8 Å². The van der Waals surface area contributed by atoms with Gasteiger partial charge in [0.15, 0.2) is 0 Å². The van der Waals surface area contributed by atoms with E-state index in [1.807, 2.05) is 38.4 Å². The quantitative estimate of drug-likeness (QED) is 0.924. The molecule has 1 aromatic heterocycles.